The number of anilines is 1. The highest BCUT2D eigenvalue weighted by Gasteiger charge is 2.26. The molecule has 2 heterocycles. The molecule has 0 radical (unpaired) electrons. The summed E-state index contributed by atoms with van der Waals surface area (Å²) in [4.78, 5) is 30.8. The molecule has 6 nitrogen and oxygen atoms in total. The summed E-state index contributed by atoms with van der Waals surface area (Å²) < 4.78 is 5.03. The van der Waals surface area contributed by atoms with Gasteiger partial charge in [0.15, 0.2) is 0 Å². The van der Waals surface area contributed by atoms with Crippen LogP contribution in [0.3, 0.4) is 0 Å². The lowest BCUT2D eigenvalue weighted by Gasteiger charge is -2.13. The van der Waals surface area contributed by atoms with E-state index in [-0.39, 0.29) is 11.8 Å². The maximum absolute atomic E-state index is 12.8. The number of amides is 2. The number of carbonyl (C=O) groups excluding carboxylic acids is 2. The molecule has 2 amide bonds. The van der Waals surface area contributed by atoms with Crippen molar-refractivity contribution in [3.8, 4) is 0 Å². The van der Waals surface area contributed by atoms with Gasteiger partial charge in [0.05, 0.1) is 11.1 Å². The number of pyridine rings is 1. The number of hydrogen-bond acceptors (Lipinski definition) is 5. The third-order valence-electron chi connectivity index (χ3n) is 4.61. The first-order chi connectivity index (χ1) is 13.1. The Morgan fingerprint density at radius 3 is 2.78 bits per heavy atom. The fourth-order valence-corrected chi connectivity index (χ4v) is 4.46. The summed E-state index contributed by atoms with van der Waals surface area (Å²) in [5.41, 5.74) is 3.06. The van der Waals surface area contributed by atoms with Gasteiger partial charge in [-0.3, -0.25) is 14.6 Å². The van der Waals surface area contributed by atoms with Crippen LogP contribution in [0.5, 0.6) is 0 Å². The van der Waals surface area contributed by atoms with Crippen molar-refractivity contribution < 1.29 is 14.3 Å². The first-order valence-corrected chi connectivity index (χ1v) is 10.1. The molecule has 0 aromatic carbocycles. The fraction of sp³-hybridized carbons (Fsp3) is 0.450. The van der Waals surface area contributed by atoms with Crippen molar-refractivity contribution in [3.05, 3.63) is 45.6 Å². The lowest BCUT2D eigenvalue weighted by atomic mass is 9.95. The van der Waals surface area contributed by atoms with Crippen molar-refractivity contribution >= 4 is 28.2 Å². The summed E-state index contributed by atoms with van der Waals surface area (Å²) >= 11 is 1.52. The molecule has 1 aliphatic rings. The second-order valence-corrected chi connectivity index (χ2v) is 7.76. The van der Waals surface area contributed by atoms with Gasteiger partial charge in [0.1, 0.15) is 5.00 Å². The third-order valence-corrected chi connectivity index (χ3v) is 5.82. The average molecular weight is 388 g/mol. The zero-order valence-electron chi connectivity index (χ0n) is 15.8. The molecule has 27 heavy (non-hydrogen) atoms. The van der Waals surface area contributed by atoms with Gasteiger partial charge in [-0.2, -0.15) is 0 Å². The molecule has 2 N–H and O–H groups in total. The van der Waals surface area contributed by atoms with Crippen LogP contribution in [-0.4, -0.2) is 37.1 Å². The van der Waals surface area contributed by atoms with E-state index in [4.69, 9.17) is 4.74 Å². The number of aryl methyl sites for hydroxylation is 2. The number of aromatic nitrogens is 1. The second kappa shape index (κ2) is 9.10. The summed E-state index contributed by atoms with van der Waals surface area (Å²) in [6.45, 7) is 3.03. The Bertz CT molecular complexity index is 815. The van der Waals surface area contributed by atoms with E-state index in [1.807, 2.05) is 6.92 Å². The topological polar surface area (TPSA) is 80.3 Å². The van der Waals surface area contributed by atoms with E-state index < -0.39 is 0 Å². The highest BCUT2D eigenvalue weighted by Crippen LogP contribution is 2.38. The molecule has 0 aliphatic heterocycles. The summed E-state index contributed by atoms with van der Waals surface area (Å²) in [5.74, 6) is -0.364. The molecule has 0 atom stereocenters. The average Bonchev–Trinajstić information content (AvgIpc) is 3.03. The third kappa shape index (κ3) is 4.73. The van der Waals surface area contributed by atoms with Gasteiger partial charge in [0, 0.05) is 37.0 Å². The van der Waals surface area contributed by atoms with E-state index in [1.165, 1.54) is 16.2 Å². The predicted molar refractivity (Wildman–Crippen MR) is 107 cm³/mol. The van der Waals surface area contributed by atoms with Crippen LogP contribution in [0, 0.1) is 6.92 Å². The number of nitrogens with zero attached hydrogens (tertiary/aromatic N) is 1. The Kier molecular flexibility index (Phi) is 6.58. The highest BCUT2D eigenvalue weighted by molar-refractivity contribution is 7.17. The van der Waals surface area contributed by atoms with E-state index >= 15 is 0 Å². The normalized spacial score (nSPS) is 13.1. The van der Waals surface area contributed by atoms with Crippen molar-refractivity contribution in [1.82, 2.24) is 10.3 Å². The van der Waals surface area contributed by atoms with Gasteiger partial charge in [0.25, 0.3) is 11.8 Å². The first kappa shape index (κ1) is 19.5. The number of carbonyl (C=O) groups is 2. The minimum atomic E-state index is -0.241. The quantitative estimate of drug-likeness (QED) is 0.714. The molecule has 144 valence electrons. The number of rotatable bonds is 7. The van der Waals surface area contributed by atoms with Gasteiger partial charge in [-0.15, -0.1) is 11.3 Å². The Morgan fingerprint density at radius 1 is 1.22 bits per heavy atom. The summed E-state index contributed by atoms with van der Waals surface area (Å²) in [6.07, 6.45) is 6.36. The van der Waals surface area contributed by atoms with Crippen LogP contribution in [0.25, 0.3) is 0 Å². The van der Waals surface area contributed by atoms with Crippen LogP contribution < -0.4 is 10.6 Å². The zero-order chi connectivity index (χ0) is 19.2. The van der Waals surface area contributed by atoms with Crippen LogP contribution in [-0.2, 0) is 17.6 Å². The Morgan fingerprint density at radius 2 is 2.04 bits per heavy atom. The van der Waals surface area contributed by atoms with Crippen molar-refractivity contribution in [3.63, 3.8) is 0 Å². The van der Waals surface area contributed by atoms with Crippen molar-refractivity contribution in [1.29, 1.82) is 0 Å². The van der Waals surface area contributed by atoms with Crippen LogP contribution >= 0.6 is 11.3 Å². The zero-order valence-corrected chi connectivity index (χ0v) is 16.6. The van der Waals surface area contributed by atoms with E-state index in [2.05, 4.69) is 15.6 Å². The number of nitrogens with one attached hydrogen (secondary N) is 2. The molecule has 1 aliphatic carbocycles. The fourth-order valence-electron chi connectivity index (χ4n) is 3.18. The van der Waals surface area contributed by atoms with E-state index in [0.717, 1.165) is 43.4 Å². The highest BCUT2D eigenvalue weighted by atomic mass is 32.1. The largest absolute Gasteiger partial charge is 0.385 e. The molecule has 0 bridgehead atoms. The Labute approximate surface area is 163 Å². The predicted octanol–water partition coefficient (Wildman–Crippen LogP) is 3.35. The SMILES string of the molecule is COCCCNC(=O)c1c(NC(=O)c2ccc(C)nc2)sc2c1CCCC2. The van der Waals surface area contributed by atoms with Gasteiger partial charge in [-0.1, -0.05) is 0 Å². The van der Waals surface area contributed by atoms with E-state index in [9.17, 15) is 9.59 Å². The van der Waals surface area contributed by atoms with Crippen molar-refractivity contribution in [2.45, 2.75) is 39.0 Å². The monoisotopic (exact) mass is 387 g/mol. The molecular weight excluding hydrogens is 362 g/mol. The Balaban J connectivity index is 1.81. The number of methoxy groups -OCH3 is 1. The molecule has 7 heteroatoms. The number of hydrogen-bond donors (Lipinski definition) is 2. The minimum Gasteiger partial charge on any atom is -0.385 e. The minimum absolute atomic E-state index is 0.122. The van der Waals surface area contributed by atoms with E-state index in [0.29, 0.717) is 29.3 Å². The first-order valence-electron chi connectivity index (χ1n) is 9.26. The van der Waals surface area contributed by atoms with Crippen LogP contribution in [0.1, 0.15) is 56.1 Å². The molecule has 0 unspecified atom stereocenters. The van der Waals surface area contributed by atoms with E-state index in [1.54, 1.807) is 25.4 Å². The van der Waals surface area contributed by atoms with Crippen molar-refractivity contribution in [2.75, 3.05) is 25.6 Å². The Hall–Kier alpha value is -2.25. The van der Waals surface area contributed by atoms with Gasteiger partial charge in [-0.05, 0) is 56.7 Å². The van der Waals surface area contributed by atoms with Gasteiger partial charge >= 0.3 is 0 Å². The molecule has 2 aromatic heterocycles. The van der Waals surface area contributed by atoms with Crippen LogP contribution in [0.15, 0.2) is 18.3 Å². The maximum atomic E-state index is 12.8. The molecule has 3 rings (SSSR count). The molecule has 2 aromatic rings. The molecule has 0 saturated carbocycles. The van der Waals surface area contributed by atoms with Gasteiger partial charge < -0.3 is 15.4 Å². The lowest BCUT2D eigenvalue weighted by molar-refractivity contribution is 0.0948. The van der Waals surface area contributed by atoms with Crippen molar-refractivity contribution in [2.24, 2.45) is 0 Å². The molecule has 0 fully saturated rings. The van der Waals surface area contributed by atoms with Crippen LogP contribution in [0.4, 0.5) is 5.00 Å². The lowest BCUT2D eigenvalue weighted by Crippen LogP contribution is -2.27. The molecular formula is C20H25N3O3S. The summed E-state index contributed by atoms with van der Waals surface area (Å²) in [5, 5.41) is 6.53. The summed E-state index contributed by atoms with van der Waals surface area (Å²) in [7, 11) is 1.64. The van der Waals surface area contributed by atoms with Gasteiger partial charge in [-0.25, -0.2) is 0 Å². The second-order valence-electron chi connectivity index (χ2n) is 6.66. The number of ether oxygens (including phenoxy) is 1. The maximum Gasteiger partial charge on any atom is 0.257 e. The molecule has 0 saturated heterocycles. The standard InChI is InChI=1S/C20H25N3O3S/c1-13-8-9-14(12-22-13)18(24)23-20-17(19(25)21-10-5-11-26-2)15-6-3-4-7-16(15)27-20/h8-9,12H,3-7,10-11H2,1-2H3,(H,21,25)(H,23,24). The summed E-state index contributed by atoms with van der Waals surface area (Å²) in [6, 6.07) is 3.55. The number of fused-ring (bicyclic) bond motifs is 1. The van der Waals surface area contributed by atoms with Crippen LogP contribution in [0.2, 0.25) is 0 Å². The number of thiophene rings is 1. The smallest absolute Gasteiger partial charge is 0.257 e. The molecule has 0 spiro atoms. The van der Waals surface area contributed by atoms with Gasteiger partial charge in [0.2, 0.25) is 0 Å².